The van der Waals surface area contributed by atoms with Crippen LogP contribution >= 0.6 is 11.6 Å². The quantitative estimate of drug-likeness (QED) is 0.576. The molecule has 4 N–H and O–H groups in total. The lowest BCUT2D eigenvalue weighted by Crippen LogP contribution is -2.42. The third-order valence-electron chi connectivity index (χ3n) is 5.36. The summed E-state index contributed by atoms with van der Waals surface area (Å²) in [6.45, 7) is 1.98. The van der Waals surface area contributed by atoms with E-state index in [9.17, 15) is 10.1 Å². The van der Waals surface area contributed by atoms with Crippen molar-refractivity contribution in [2.45, 2.75) is 12.3 Å². The van der Waals surface area contributed by atoms with Crippen LogP contribution in [0.5, 0.6) is 5.88 Å². The van der Waals surface area contributed by atoms with Crippen LogP contribution in [0.4, 0.5) is 5.69 Å². The van der Waals surface area contributed by atoms with Gasteiger partial charge in [-0.3, -0.25) is 9.89 Å². The van der Waals surface area contributed by atoms with Crippen molar-refractivity contribution in [3.8, 4) is 23.2 Å². The molecule has 2 aliphatic rings. The Bertz CT molecular complexity index is 1270. The van der Waals surface area contributed by atoms with Gasteiger partial charge >= 0.3 is 0 Å². The van der Waals surface area contributed by atoms with Gasteiger partial charge in [-0.1, -0.05) is 47.5 Å². The van der Waals surface area contributed by atoms with Crippen molar-refractivity contribution in [3.63, 3.8) is 0 Å². The Morgan fingerprint density at radius 1 is 1.24 bits per heavy atom. The molecule has 1 amide bonds. The lowest BCUT2D eigenvalue weighted by Gasteiger charge is -2.31. The molecule has 3 aromatic rings. The maximum Gasteiger partial charge on any atom is 0.245 e. The number of carbonyl (C=O) groups is 1. The molecular weight excluding hydrogens is 390 g/mol. The minimum atomic E-state index is -1.49. The van der Waals surface area contributed by atoms with E-state index in [-0.39, 0.29) is 17.3 Å². The van der Waals surface area contributed by atoms with Crippen LogP contribution in [-0.4, -0.2) is 16.1 Å². The van der Waals surface area contributed by atoms with Gasteiger partial charge in [-0.2, -0.15) is 5.26 Å². The van der Waals surface area contributed by atoms with Gasteiger partial charge in [0.1, 0.15) is 17.1 Å². The fraction of sp³-hybridized carbons (Fsp3) is 0.0952. The topological polar surface area (TPSA) is 117 Å². The third-order valence-corrected chi connectivity index (χ3v) is 5.60. The van der Waals surface area contributed by atoms with Crippen molar-refractivity contribution < 1.29 is 9.53 Å². The number of rotatable bonds is 1. The molecule has 3 heterocycles. The van der Waals surface area contributed by atoms with E-state index in [1.807, 2.05) is 31.2 Å². The van der Waals surface area contributed by atoms with Gasteiger partial charge in [-0.05, 0) is 19.1 Å². The molecule has 2 aromatic carbocycles. The molecule has 0 saturated heterocycles. The van der Waals surface area contributed by atoms with Gasteiger partial charge in [-0.25, -0.2) is 0 Å². The number of nitriles is 1. The molecule has 2 aliphatic heterocycles. The van der Waals surface area contributed by atoms with Gasteiger partial charge in [0.25, 0.3) is 0 Å². The molecule has 1 atom stereocenters. The summed E-state index contributed by atoms with van der Waals surface area (Å²) in [5.41, 5.74) is 8.60. The van der Waals surface area contributed by atoms with Crippen molar-refractivity contribution >= 4 is 23.2 Å². The number of anilines is 1. The highest BCUT2D eigenvalue weighted by molar-refractivity contribution is 6.31. The number of ether oxygens (including phenoxy) is 1. The highest BCUT2D eigenvalue weighted by Crippen LogP contribution is 2.55. The number of aromatic nitrogens is 2. The Morgan fingerprint density at radius 3 is 2.72 bits per heavy atom. The summed E-state index contributed by atoms with van der Waals surface area (Å²) in [4.78, 5) is 13.4. The molecule has 142 valence electrons. The molecule has 0 bridgehead atoms. The standard InChI is InChI=1S/C21H14ClN5O2/c1-10-2-4-11(5-3-10)17-16-19(27-26-17)29-18(24)14(9-23)21(16)13-7-6-12(22)8-15(13)25-20(21)28/h2-8H,24H2,1H3,(H,25,28)(H,26,27). The van der Waals surface area contributed by atoms with E-state index >= 15 is 0 Å². The third kappa shape index (κ3) is 2.18. The number of benzene rings is 2. The predicted octanol–water partition coefficient (Wildman–Crippen LogP) is 3.36. The second-order valence-corrected chi connectivity index (χ2v) is 7.43. The number of H-pyrrole nitrogens is 1. The average molecular weight is 404 g/mol. The summed E-state index contributed by atoms with van der Waals surface area (Å²) < 4.78 is 5.62. The van der Waals surface area contributed by atoms with Crippen LogP contribution in [0.2, 0.25) is 5.02 Å². The van der Waals surface area contributed by atoms with Crippen molar-refractivity contribution in [3.05, 3.63) is 75.6 Å². The zero-order chi connectivity index (χ0) is 20.3. The Kier molecular flexibility index (Phi) is 3.51. The highest BCUT2D eigenvalue weighted by Gasteiger charge is 2.58. The second-order valence-electron chi connectivity index (χ2n) is 6.99. The van der Waals surface area contributed by atoms with Gasteiger partial charge in [0, 0.05) is 21.8 Å². The molecule has 1 spiro atoms. The van der Waals surface area contributed by atoms with Gasteiger partial charge in [-0.15, -0.1) is 5.10 Å². The lowest BCUT2D eigenvalue weighted by molar-refractivity contribution is -0.118. The van der Waals surface area contributed by atoms with Crippen molar-refractivity contribution in [1.29, 1.82) is 5.26 Å². The number of nitrogens with zero attached hydrogens (tertiary/aromatic N) is 2. The fourth-order valence-corrected chi connectivity index (χ4v) is 4.23. The molecule has 0 radical (unpaired) electrons. The predicted molar refractivity (Wildman–Crippen MR) is 107 cm³/mol. The fourth-order valence-electron chi connectivity index (χ4n) is 4.06. The van der Waals surface area contributed by atoms with Crippen LogP contribution in [0.3, 0.4) is 0 Å². The van der Waals surface area contributed by atoms with Crippen LogP contribution in [0.15, 0.2) is 53.9 Å². The normalized spacial score (nSPS) is 19.4. The van der Waals surface area contributed by atoms with E-state index in [4.69, 9.17) is 22.1 Å². The summed E-state index contributed by atoms with van der Waals surface area (Å²) in [7, 11) is 0. The maximum absolute atomic E-state index is 13.4. The summed E-state index contributed by atoms with van der Waals surface area (Å²) in [6, 6.07) is 14.9. The van der Waals surface area contributed by atoms with Gasteiger partial charge in [0.05, 0.1) is 11.3 Å². The van der Waals surface area contributed by atoms with E-state index in [0.717, 1.165) is 11.1 Å². The SMILES string of the molecule is Cc1ccc(-c2[nH]nc3c2C2(C(=O)Nc4cc(Cl)ccc42)C(C#N)=C(N)O3)cc1. The van der Waals surface area contributed by atoms with E-state index in [1.165, 1.54) is 0 Å². The monoisotopic (exact) mass is 403 g/mol. The molecule has 5 rings (SSSR count). The highest BCUT2D eigenvalue weighted by atomic mass is 35.5. The largest absolute Gasteiger partial charge is 0.420 e. The molecule has 29 heavy (non-hydrogen) atoms. The van der Waals surface area contributed by atoms with Crippen LogP contribution in [0.25, 0.3) is 11.3 Å². The molecule has 8 heteroatoms. The minimum Gasteiger partial charge on any atom is -0.420 e. The van der Waals surface area contributed by atoms with E-state index in [0.29, 0.717) is 27.5 Å². The van der Waals surface area contributed by atoms with Gasteiger partial charge < -0.3 is 15.8 Å². The molecule has 7 nitrogen and oxygen atoms in total. The van der Waals surface area contributed by atoms with Crippen LogP contribution in [0, 0.1) is 18.3 Å². The summed E-state index contributed by atoms with van der Waals surface area (Å²) in [5, 5.41) is 20.4. The van der Waals surface area contributed by atoms with Gasteiger partial charge in [0.2, 0.25) is 17.7 Å². The van der Waals surface area contributed by atoms with Crippen LogP contribution < -0.4 is 15.8 Å². The number of nitrogens with two attached hydrogens (primary N) is 1. The first-order chi connectivity index (χ1) is 14.0. The zero-order valence-electron chi connectivity index (χ0n) is 15.2. The van der Waals surface area contributed by atoms with E-state index in [2.05, 4.69) is 21.6 Å². The van der Waals surface area contributed by atoms with E-state index < -0.39 is 11.3 Å². The molecule has 1 unspecified atom stereocenters. The first kappa shape index (κ1) is 17.3. The number of aryl methyl sites for hydroxylation is 1. The van der Waals surface area contributed by atoms with E-state index in [1.54, 1.807) is 18.2 Å². The van der Waals surface area contributed by atoms with Crippen molar-refractivity contribution in [1.82, 2.24) is 10.2 Å². The number of nitrogens with one attached hydrogen (secondary N) is 2. The van der Waals surface area contributed by atoms with Gasteiger partial charge in [0.15, 0.2) is 0 Å². The first-order valence-electron chi connectivity index (χ1n) is 8.82. The van der Waals surface area contributed by atoms with Crippen LogP contribution in [0.1, 0.15) is 16.7 Å². The first-order valence-corrected chi connectivity index (χ1v) is 9.20. The summed E-state index contributed by atoms with van der Waals surface area (Å²) in [5.74, 6) is -0.400. The lowest BCUT2D eigenvalue weighted by atomic mass is 9.68. The Balaban J connectivity index is 1.88. The smallest absolute Gasteiger partial charge is 0.245 e. The Hall–Kier alpha value is -3.76. The number of hydrogen-bond donors (Lipinski definition) is 3. The summed E-state index contributed by atoms with van der Waals surface area (Å²) >= 11 is 6.12. The average Bonchev–Trinajstić information content (AvgIpc) is 3.22. The molecule has 1 aromatic heterocycles. The minimum absolute atomic E-state index is 0.0123. The number of fused-ring (bicyclic) bond motifs is 4. The number of amides is 1. The number of halogens is 1. The maximum atomic E-state index is 13.4. The Morgan fingerprint density at radius 2 is 2.00 bits per heavy atom. The molecule has 0 aliphatic carbocycles. The molecular formula is C21H14ClN5O2. The van der Waals surface area contributed by atoms with Crippen LogP contribution in [-0.2, 0) is 10.2 Å². The second kappa shape index (κ2) is 5.87. The number of carbonyl (C=O) groups excluding carboxylic acids is 1. The number of aromatic amines is 1. The van der Waals surface area contributed by atoms with Crippen molar-refractivity contribution in [2.24, 2.45) is 5.73 Å². The number of hydrogen-bond acceptors (Lipinski definition) is 5. The molecule has 0 fully saturated rings. The molecule has 0 saturated carbocycles. The summed E-state index contributed by atoms with van der Waals surface area (Å²) in [6.07, 6.45) is 0. The zero-order valence-corrected chi connectivity index (χ0v) is 16.0. The van der Waals surface area contributed by atoms with Crippen molar-refractivity contribution in [2.75, 3.05) is 5.32 Å². The Labute approximate surface area is 170 Å².